The van der Waals surface area contributed by atoms with Crippen LogP contribution < -0.4 is 19.9 Å². The number of carbonyl (C=O) groups is 1. The van der Waals surface area contributed by atoms with E-state index in [0.717, 1.165) is 37.6 Å². The maximum Gasteiger partial charge on any atom is 0.282 e. The molecule has 0 spiro atoms. The second-order valence-corrected chi connectivity index (χ2v) is 7.32. The highest BCUT2D eigenvalue weighted by Gasteiger charge is 2.30. The number of benzene rings is 2. The van der Waals surface area contributed by atoms with Gasteiger partial charge in [-0.3, -0.25) is 4.79 Å². The molecule has 1 aliphatic rings. The van der Waals surface area contributed by atoms with Crippen LogP contribution in [0.1, 0.15) is 13.8 Å². The van der Waals surface area contributed by atoms with Gasteiger partial charge in [0.1, 0.15) is 11.6 Å². The minimum Gasteiger partial charge on any atom is -0.492 e. The van der Waals surface area contributed by atoms with Gasteiger partial charge in [0.2, 0.25) is 0 Å². The molecule has 1 atom stereocenters. The molecule has 7 heteroatoms. The van der Waals surface area contributed by atoms with Crippen molar-refractivity contribution in [2.75, 3.05) is 43.0 Å². The largest absolute Gasteiger partial charge is 0.492 e. The Morgan fingerprint density at radius 2 is 2.00 bits per heavy atom. The summed E-state index contributed by atoms with van der Waals surface area (Å²) < 4.78 is 19.7. The number of hydrogen-bond donors (Lipinski definition) is 2. The predicted molar refractivity (Wildman–Crippen MR) is 110 cm³/mol. The van der Waals surface area contributed by atoms with Gasteiger partial charge >= 0.3 is 0 Å². The predicted octanol–water partition coefficient (Wildman–Crippen LogP) is 2.61. The van der Waals surface area contributed by atoms with Crippen LogP contribution in [0.4, 0.5) is 15.8 Å². The number of halogens is 2. The van der Waals surface area contributed by atoms with Crippen molar-refractivity contribution in [1.29, 1.82) is 0 Å². The Labute approximate surface area is 170 Å². The van der Waals surface area contributed by atoms with Gasteiger partial charge in [-0.15, -0.1) is 0 Å². The normalized spacial score (nSPS) is 15.9. The van der Waals surface area contributed by atoms with Crippen molar-refractivity contribution in [3.05, 3.63) is 53.3 Å². The zero-order valence-corrected chi connectivity index (χ0v) is 16.9. The minimum absolute atomic E-state index is 0.157. The highest BCUT2D eigenvalue weighted by molar-refractivity contribution is 6.30. The Morgan fingerprint density at radius 1 is 1.29 bits per heavy atom. The fourth-order valence-electron chi connectivity index (χ4n) is 3.48. The molecule has 1 heterocycles. The Bertz CT molecular complexity index is 825. The average molecular weight is 407 g/mol. The van der Waals surface area contributed by atoms with Crippen LogP contribution in [0, 0.1) is 5.82 Å². The van der Waals surface area contributed by atoms with Gasteiger partial charge in [0.25, 0.3) is 5.91 Å². The molecule has 1 saturated heterocycles. The van der Waals surface area contributed by atoms with Gasteiger partial charge in [0, 0.05) is 5.02 Å². The summed E-state index contributed by atoms with van der Waals surface area (Å²) in [6.45, 7) is 7.76. The molecule has 5 nitrogen and oxygen atoms in total. The molecule has 2 N–H and O–H groups in total. The van der Waals surface area contributed by atoms with Gasteiger partial charge in [0.05, 0.1) is 44.2 Å². The number of carbonyl (C=O) groups excluding carboxylic acids is 1. The van der Waals surface area contributed by atoms with Crippen LogP contribution in [0.25, 0.3) is 0 Å². The first kappa shape index (κ1) is 20.4. The van der Waals surface area contributed by atoms with E-state index < -0.39 is 5.82 Å². The molecule has 2 aromatic carbocycles. The smallest absolute Gasteiger partial charge is 0.282 e. The second-order valence-electron chi connectivity index (χ2n) is 6.88. The molecule has 3 rings (SSSR count). The summed E-state index contributed by atoms with van der Waals surface area (Å²) >= 11 is 5.76. The summed E-state index contributed by atoms with van der Waals surface area (Å²) in [5, 5.41) is 2.98. The number of ether oxygens (including phenoxy) is 1. The standard InChI is InChI=1S/C21H25ClFN3O2/c1-3-28-20-7-5-4-6-19(20)26-12-10-25(11-13-26)15(2)21(27)24-18-9-8-16(22)14-17(18)23/h4-9,14-15H,3,10-13H2,1-2H3,(H,24,27)/p+1/t15-/m1/s1. The van der Waals surface area contributed by atoms with E-state index >= 15 is 0 Å². The lowest BCUT2D eigenvalue weighted by Crippen LogP contribution is -3.19. The summed E-state index contributed by atoms with van der Waals surface area (Å²) in [6.07, 6.45) is 0. The van der Waals surface area contributed by atoms with Crippen LogP contribution in [-0.2, 0) is 4.79 Å². The molecule has 0 radical (unpaired) electrons. The van der Waals surface area contributed by atoms with E-state index in [1.807, 2.05) is 32.0 Å². The summed E-state index contributed by atoms with van der Waals surface area (Å²) in [7, 11) is 0. The quantitative estimate of drug-likeness (QED) is 0.775. The van der Waals surface area contributed by atoms with Gasteiger partial charge in [-0.25, -0.2) is 4.39 Å². The van der Waals surface area contributed by atoms with Crippen molar-refractivity contribution in [2.45, 2.75) is 19.9 Å². The first-order chi connectivity index (χ1) is 13.5. The first-order valence-electron chi connectivity index (χ1n) is 9.57. The van der Waals surface area contributed by atoms with E-state index in [9.17, 15) is 9.18 Å². The first-order valence-corrected chi connectivity index (χ1v) is 9.94. The molecule has 0 saturated carbocycles. The SMILES string of the molecule is CCOc1ccccc1N1CC[NH+]([C@H](C)C(=O)Nc2ccc(Cl)cc2F)CC1. The lowest BCUT2D eigenvalue weighted by atomic mass is 10.2. The molecular formula is C21H26ClFN3O2+. The van der Waals surface area contributed by atoms with Crippen LogP contribution in [0.5, 0.6) is 5.75 Å². The van der Waals surface area contributed by atoms with E-state index in [-0.39, 0.29) is 17.6 Å². The Hall–Kier alpha value is -2.31. The topological polar surface area (TPSA) is 46.0 Å². The molecule has 150 valence electrons. The van der Waals surface area contributed by atoms with Crippen LogP contribution in [-0.4, -0.2) is 44.7 Å². The summed E-state index contributed by atoms with van der Waals surface area (Å²) in [5.41, 5.74) is 1.24. The van der Waals surface area contributed by atoms with E-state index in [1.54, 1.807) is 6.07 Å². The fraction of sp³-hybridized carbons (Fsp3) is 0.381. The summed E-state index contributed by atoms with van der Waals surface area (Å²) in [4.78, 5) is 16.0. The number of rotatable bonds is 6. The highest BCUT2D eigenvalue weighted by atomic mass is 35.5. The van der Waals surface area contributed by atoms with Gasteiger partial charge in [-0.1, -0.05) is 23.7 Å². The van der Waals surface area contributed by atoms with Crippen molar-refractivity contribution in [3.8, 4) is 5.75 Å². The van der Waals surface area contributed by atoms with Gasteiger partial charge in [-0.2, -0.15) is 0 Å². The third-order valence-electron chi connectivity index (χ3n) is 5.11. The third-order valence-corrected chi connectivity index (χ3v) is 5.34. The second kappa shape index (κ2) is 9.26. The van der Waals surface area contributed by atoms with Gasteiger partial charge < -0.3 is 19.9 Å². The molecule has 0 aliphatic carbocycles. The molecule has 1 amide bonds. The van der Waals surface area contributed by atoms with Crippen LogP contribution in [0.3, 0.4) is 0 Å². The van der Waals surface area contributed by atoms with Crippen molar-refractivity contribution < 1.29 is 18.8 Å². The molecule has 1 fully saturated rings. The zero-order valence-electron chi connectivity index (χ0n) is 16.2. The number of para-hydroxylation sites is 2. The molecule has 2 aromatic rings. The van der Waals surface area contributed by atoms with Crippen molar-refractivity contribution in [3.63, 3.8) is 0 Å². The molecule has 0 aromatic heterocycles. The summed E-state index contributed by atoms with van der Waals surface area (Å²) in [5.74, 6) is 0.164. The minimum atomic E-state index is -0.527. The molecule has 0 bridgehead atoms. The molecule has 28 heavy (non-hydrogen) atoms. The van der Waals surface area contributed by atoms with Gasteiger partial charge in [-0.05, 0) is 44.2 Å². The molecular weight excluding hydrogens is 381 g/mol. The van der Waals surface area contributed by atoms with Crippen molar-refractivity contribution in [2.24, 2.45) is 0 Å². The maximum absolute atomic E-state index is 13.9. The average Bonchev–Trinajstić information content (AvgIpc) is 2.70. The summed E-state index contributed by atoms with van der Waals surface area (Å²) in [6, 6.07) is 12.0. The number of amides is 1. The van der Waals surface area contributed by atoms with Crippen molar-refractivity contribution in [1.82, 2.24) is 0 Å². The van der Waals surface area contributed by atoms with Crippen molar-refractivity contribution >= 4 is 28.9 Å². The Morgan fingerprint density at radius 3 is 2.68 bits per heavy atom. The van der Waals surface area contributed by atoms with E-state index in [2.05, 4.69) is 16.3 Å². The van der Waals surface area contributed by atoms with E-state index in [0.29, 0.717) is 11.6 Å². The number of quaternary nitrogens is 1. The van der Waals surface area contributed by atoms with Crippen LogP contribution >= 0.6 is 11.6 Å². The number of anilines is 2. The molecule has 0 unspecified atom stereocenters. The monoisotopic (exact) mass is 406 g/mol. The lowest BCUT2D eigenvalue weighted by molar-refractivity contribution is -0.914. The lowest BCUT2D eigenvalue weighted by Gasteiger charge is -2.36. The Balaban J connectivity index is 1.59. The van der Waals surface area contributed by atoms with Crippen LogP contribution in [0.15, 0.2) is 42.5 Å². The zero-order chi connectivity index (χ0) is 20.1. The third kappa shape index (κ3) is 4.75. The number of nitrogens with one attached hydrogen (secondary N) is 2. The number of piperazine rings is 1. The maximum atomic E-state index is 13.9. The van der Waals surface area contributed by atoms with E-state index in [1.165, 1.54) is 17.0 Å². The number of nitrogens with zero attached hydrogens (tertiary/aromatic N) is 1. The fourth-order valence-corrected chi connectivity index (χ4v) is 3.64. The van der Waals surface area contributed by atoms with Gasteiger partial charge in [0.15, 0.2) is 6.04 Å². The van der Waals surface area contributed by atoms with Crippen LogP contribution in [0.2, 0.25) is 5.02 Å². The Kier molecular flexibility index (Phi) is 6.75. The number of hydrogen-bond acceptors (Lipinski definition) is 3. The van der Waals surface area contributed by atoms with E-state index in [4.69, 9.17) is 16.3 Å². The molecule has 1 aliphatic heterocycles. The highest BCUT2D eigenvalue weighted by Crippen LogP contribution is 2.27.